The number of rotatable bonds is 6. The Labute approximate surface area is 178 Å². The highest BCUT2D eigenvalue weighted by molar-refractivity contribution is 5.82. The molecule has 4 rings (SSSR count). The van der Waals surface area contributed by atoms with E-state index in [4.69, 9.17) is 0 Å². The molecule has 0 radical (unpaired) electrons. The molecule has 0 aliphatic carbocycles. The Morgan fingerprint density at radius 2 is 2.10 bits per heavy atom. The predicted octanol–water partition coefficient (Wildman–Crippen LogP) is 1.72. The van der Waals surface area contributed by atoms with Crippen LogP contribution in [0.5, 0.6) is 0 Å². The topological polar surface area (TPSA) is 82.4 Å². The minimum atomic E-state index is -0.418. The van der Waals surface area contributed by atoms with Crippen molar-refractivity contribution < 1.29 is 9.90 Å². The molecule has 162 valence electrons. The maximum atomic E-state index is 12.7. The fourth-order valence-electron chi connectivity index (χ4n) is 4.84. The predicted molar refractivity (Wildman–Crippen MR) is 117 cm³/mol. The molecule has 1 aromatic carbocycles. The number of piperidine rings is 1. The Morgan fingerprint density at radius 3 is 2.80 bits per heavy atom. The second kappa shape index (κ2) is 9.29. The highest BCUT2D eigenvalue weighted by Crippen LogP contribution is 2.32. The van der Waals surface area contributed by atoms with Crippen LogP contribution < -0.4 is 10.6 Å². The lowest BCUT2D eigenvalue weighted by atomic mass is 9.85. The van der Waals surface area contributed by atoms with Gasteiger partial charge in [0.1, 0.15) is 0 Å². The van der Waals surface area contributed by atoms with Gasteiger partial charge in [0.15, 0.2) is 0 Å². The summed E-state index contributed by atoms with van der Waals surface area (Å²) in [4.78, 5) is 14.6. The number of likely N-dealkylation sites (N-methyl/N-ethyl adjacent to an activating group) is 1. The van der Waals surface area contributed by atoms with Gasteiger partial charge in [-0.05, 0) is 75.5 Å². The highest BCUT2D eigenvalue weighted by atomic mass is 16.3. The summed E-state index contributed by atoms with van der Waals surface area (Å²) in [6.45, 7) is 6.06. The Kier molecular flexibility index (Phi) is 6.51. The van der Waals surface area contributed by atoms with Crippen molar-refractivity contribution in [1.82, 2.24) is 25.3 Å². The van der Waals surface area contributed by atoms with E-state index in [2.05, 4.69) is 46.9 Å². The third-order valence-corrected chi connectivity index (χ3v) is 6.52. The largest absolute Gasteiger partial charge is 0.392 e. The van der Waals surface area contributed by atoms with Crippen molar-refractivity contribution >= 4 is 5.91 Å². The molecule has 2 aliphatic rings. The maximum absolute atomic E-state index is 12.7. The Bertz CT molecular complexity index is 874. The van der Waals surface area contributed by atoms with Gasteiger partial charge in [0, 0.05) is 31.4 Å². The van der Waals surface area contributed by atoms with Crippen LogP contribution in [0.3, 0.4) is 0 Å². The summed E-state index contributed by atoms with van der Waals surface area (Å²) in [5.74, 6) is 0.491. The number of aromatic nitrogens is 2. The van der Waals surface area contributed by atoms with Crippen molar-refractivity contribution in [2.75, 3.05) is 26.7 Å². The third kappa shape index (κ3) is 4.43. The molecule has 7 nitrogen and oxygen atoms in total. The normalized spacial score (nSPS) is 23.0. The minimum Gasteiger partial charge on any atom is -0.392 e. The number of hydrogen-bond acceptors (Lipinski definition) is 5. The SMILES string of the molecule is CCn1nccc1-c1ccc(CNC(=O)C2CC(O)CN2C)c(C2CCNCC2)c1. The first-order valence-electron chi connectivity index (χ1n) is 11.1. The van der Waals surface area contributed by atoms with Crippen LogP contribution in [0.1, 0.15) is 43.2 Å². The first-order valence-corrected chi connectivity index (χ1v) is 11.1. The van der Waals surface area contributed by atoms with Gasteiger partial charge in [-0.3, -0.25) is 14.4 Å². The van der Waals surface area contributed by atoms with Crippen molar-refractivity contribution in [2.45, 2.75) is 57.3 Å². The van der Waals surface area contributed by atoms with Crippen LogP contribution in [0.4, 0.5) is 0 Å². The van der Waals surface area contributed by atoms with Gasteiger partial charge in [0.05, 0.1) is 17.8 Å². The molecular formula is C23H33N5O2. The van der Waals surface area contributed by atoms with Crippen LogP contribution in [0, 0.1) is 0 Å². The minimum absolute atomic E-state index is 0.00144. The zero-order valence-electron chi connectivity index (χ0n) is 18.0. The van der Waals surface area contributed by atoms with Crippen molar-refractivity contribution in [1.29, 1.82) is 0 Å². The molecule has 1 amide bonds. The monoisotopic (exact) mass is 411 g/mol. The molecule has 0 saturated carbocycles. The number of aliphatic hydroxyl groups excluding tert-OH is 1. The van der Waals surface area contributed by atoms with E-state index >= 15 is 0 Å². The quantitative estimate of drug-likeness (QED) is 0.674. The Morgan fingerprint density at radius 1 is 1.30 bits per heavy atom. The zero-order chi connectivity index (χ0) is 21.1. The van der Waals surface area contributed by atoms with Gasteiger partial charge in [-0.1, -0.05) is 12.1 Å². The first kappa shape index (κ1) is 21.0. The van der Waals surface area contributed by atoms with Gasteiger partial charge < -0.3 is 15.7 Å². The van der Waals surface area contributed by atoms with Crippen molar-refractivity contribution in [3.05, 3.63) is 41.6 Å². The van der Waals surface area contributed by atoms with E-state index < -0.39 is 6.10 Å². The third-order valence-electron chi connectivity index (χ3n) is 6.52. The van der Waals surface area contributed by atoms with Gasteiger partial charge in [0.25, 0.3) is 0 Å². The van der Waals surface area contributed by atoms with E-state index in [-0.39, 0.29) is 11.9 Å². The number of amides is 1. The van der Waals surface area contributed by atoms with Gasteiger partial charge in [-0.25, -0.2) is 0 Å². The molecule has 2 unspecified atom stereocenters. The average Bonchev–Trinajstić information content (AvgIpc) is 3.38. The number of carbonyl (C=O) groups excluding carboxylic acids is 1. The molecule has 2 saturated heterocycles. The number of β-amino-alcohol motifs (C(OH)–C–C–N with tert-alkyl or cyclic N) is 1. The van der Waals surface area contributed by atoms with E-state index in [9.17, 15) is 9.90 Å². The Balaban J connectivity index is 1.56. The summed E-state index contributed by atoms with van der Waals surface area (Å²) in [6, 6.07) is 8.41. The summed E-state index contributed by atoms with van der Waals surface area (Å²) < 4.78 is 2.02. The van der Waals surface area contributed by atoms with Crippen LogP contribution in [-0.4, -0.2) is 64.5 Å². The molecule has 0 spiro atoms. The van der Waals surface area contributed by atoms with Gasteiger partial charge in [-0.2, -0.15) is 5.10 Å². The van der Waals surface area contributed by atoms with E-state index in [0.717, 1.165) is 38.2 Å². The lowest BCUT2D eigenvalue weighted by Crippen LogP contribution is -2.41. The van der Waals surface area contributed by atoms with E-state index in [1.54, 1.807) is 0 Å². The van der Waals surface area contributed by atoms with E-state index in [1.165, 1.54) is 16.7 Å². The molecular weight excluding hydrogens is 378 g/mol. The first-order chi connectivity index (χ1) is 14.6. The standard InChI is InChI=1S/C23H33N5O2/c1-3-28-21(8-11-26-28)17-4-5-18(20(12-17)16-6-9-24-10-7-16)14-25-23(30)22-13-19(29)15-27(22)2/h4-5,8,11-12,16,19,22,24,29H,3,6-7,9-10,13-15H2,1-2H3,(H,25,30). The maximum Gasteiger partial charge on any atom is 0.237 e. The lowest BCUT2D eigenvalue weighted by Gasteiger charge is -2.26. The number of carbonyl (C=O) groups is 1. The molecule has 30 heavy (non-hydrogen) atoms. The van der Waals surface area contributed by atoms with Gasteiger partial charge >= 0.3 is 0 Å². The molecule has 7 heteroatoms. The molecule has 3 heterocycles. The summed E-state index contributed by atoms with van der Waals surface area (Å²) in [6.07, 6.45) is 4.15. The van der Waals surface area contributed by atoms with Gasteiger partial charge in [0.2, 0.25) is 5.91 Å². The summed E-state index contributed by atoms with van der Waals surface area (Å²) in [5, 5.41) is 20.8. The van der Waals surface area contributed by atoms with Crippen molar-refractivity contribution in [2.24, 2.45) is 0 Å². The lowest BCUT2D eigenvalue weighted by molar-refractivity contribution is -0.125. The molecule has 2 atom stereocenters. The fourth-order valence-corrected chi connectivity index (χ4v) is 4.84. The highest BCUT2D eigenvalue weighted by Gasteiger charge is 2.33. The van der Waals surface area contributed by atoms with Crippen LogP contribution in [-0.2, 0) is 17.9 Å². The fraction of sp³-hybridized carbons (Fsp3) is 0.565. The second-order valence-corrected chi connectivity index (χ2v) is 8.53. The molecule has 2 aromatic rings. The summed E-state index contributed by atoms with van der Waals surface area (Å²) in [7, 11) is 1.90. The summed E-state index contributed by atoms with van der Waals surface area (Å²) in [5.41, 5.74) is 4.82. The molecule has 3 N–H and O–H groups in total. The number of likely N-dealkylation sites (tertiary alicyclic amines) is 1. The summed E-state index contributed by atoms with van der Waals surface area (Å²) >= 11 is 0. The number of nitrogens with one attached hydrogen (secondary N) is 2. The molecule has 2 aliphatic heterocycles. The number of aryl methyl sites for hydroxylation is 1. The molecule has 0 bridgehead atoms. The van der Waals surface area contributed by atoms with Crippen LogP contribution in [0.2, 0.25) is 0 Å². The van der Waals surface area contributed by atoms with Crippen molar-refractivity contribution in [3.8, 4) is 11.3 Å². The van der Waals surface area contributed by atoms with Crippen molar-refractivity contribution in [3.63, 3.8) is 0 Å². The number of nitrogens with zero attached hydrogens (tertiary/aromatic N) is 3. The molecule has 2 fully saturated rings. The second-order valence-electron chi connectivity index (χ2n) is 8.53. The number of aliphatic hydroxyl groups is 1. The van der Waals surface area contributed by atoms with Crippen LogP contribution in [0.25, 0.3) is 11.3 Å². The van der Waals surface area contributed by atoms with Gasteiger partial charge in [-0.15, -0.1) is 0 Å². The number of benzene rings is 1. The molecule has 1 aromatic heterocycles. The average molecular weight is 412 g/mol. The van der Waals surface area contributed by atoms with Crippen LogP contribution in [0.15, 0.2) is 30.5 Å². The zero-order valence-corrected chi connectivity index (χ0v) is 18.0. The number of hydrogen-bond donors (Lipinski definition) is 3. The Hall–Kier alpha value is -2.22. The van der Waals surface area contributed by atoms with Crippen LogP contribution >= 0.6 is 0 Å². The smallest absolute Gasteiger partial charge is 0.237 e. The van der Waals surface area contributed by atoms with E-state index in [1.807, 2.05) is 22.8 Å². The van der Waals surface area contributed by atoms with E-state index in [0.29, 0.717) is 25.4 Å².